The summed E-state index contributed by atoms with van der Waals surface area (Å²) in [5.74, 6) is -2.00. The summed E-state index contributed by atoms with van der Waals surface area (Å²) < 4.78 is 18.9. The van der Waals surface area contributed by atoms with E-state index in [0.29, 0.717) is 0 Å². The summed E-state index contributed by atoms with van der Waals surface area (Å²) in [4.78, 5) is 22.3. The number of carbonyl (C=O) groups is 2. The normalized spacial score (nSPS) is 14.1. The van der Waals surface area contributed by atoms with Crippen LogP contribution in [0, 0.1) is 5.82 Å². The molecule has 0 aliphatic heterocycles. The van der Waals surface area contributed by atoms with E-state index in [2.05, 4.69) is 5.32 Å². The largest absolute Gasteiger partial charge is 0.444 e. The number of hydrogen-bond acceptors (Lipinski definition) is 5. The highest BCUT2D eigenvalue weighted by atomic mass is 19.1. The van der Waals surface area contributed by atoms with E-state index in [0.717, 1.165) is 6.07 Å². The molecule has 7 nitrogen and oxygen atoms in total. The molecule has 0 fully saturated rings. The number of halogens is 1. The number of ether oxygens (including phenoxy) is 1. The minimum absolute atomic E-state index is 0.0569. The molecule has 1 aromatic rings. The summed E-state index contributed by atoms with van der Waals surface area (Å²) in [6, 6.07) is 3.29. The Bertz CT molecular complexity index is 571. The molecule has 0 aliphatic carbocycles. The van der Waals surface area contributed by atoms with Crippen molar-refractivity contribution in [2.24, 2.45) is 5.73 Å². The standard InChI is InChI=1S/C14H19FN2O5/c1-14(2,3)22-13(21)17-9-5-4-7(6-8(9)15)10(18)11(19)12(16)20/h4-6,10-11,18-19H,1-3H3,(H2,16,20)(H,17,21). The van der Waals surface area contributed by atoms with Gasteiger partial charge >= 0.3 is 6.09 Å². The highest BCUT2D eigenvalue weighted by Crippen LogP contribution is 2.23. The van der Waals surface area contributed by atoms with Gasteiger partial charge in [0.25, 0.3) is 0 Å². The Kier molecular flexibility index (Phi) is 5.45. The number of benzene rings is 1. The van der Waals surface area contributed by atoms with Crippen molar-refractivity contribution in [1.29, 1.82) is 0 Å². The molecule has 0 aromatic heterocycles. The lowest BCUT2D eigenvalue weighted by atomic mass is 10.0. The van der Waals surface area contributed by atoms with Crippen molar-refractivity contribution in [3.05, 3.63) is 29.6 Å². The summed E-state index contributed by atoms with van der Waals surface area (Å²) in [5.41, 5.74) is 3.89. The van der Waals surface area contributed by atoms with Crippen LogP contribution in [-0.2, 0) is 9.53 Å². The molecule has 0 spiro atoms. The van der Waals surface area contributed by atoms with Crippen molar-refractivity contribution < 1.29 is 28.9 Å². The number of aliphatic hydroxyl groups excluding tert-OH is 2. The zero-order valence-electron chi connectivity index (χ0n) is 12.5. The fourth-order valence-electron chi connectivity index (χ4n) is 1.57. The summed E-state index contributed by atoms with van der Waals surface area (Å²) in [5, 5.41) is 21.2. The van der Waals surface area contributed by atoms with Gasteiger partial charge in [0.05, 0.1) is 5.69 Å². The van der Waals surface area contributed by atoms with Crippen molar-refractivity contribution in [2.75, 3.05) is 5.32 Å². The van der Waals surface area contributed by atoms with E-state index in [1.54, 1.807) is 20.8 Å². The SMILES string of the molecule is CC(C)(C)OC(=O)Nc1ccc(C(O)C(O)C(N)=O)cc1F. The second kappa shape index (κ2) is 6.71. The van der Waals surface area contributed by atoms with Gasteiger partial charge in [0, 0.05) is 0 Å². The van der Waals surface area contributed by atoms with E-state index in [4.69, 9.17) is 10.5 Å². The molecule has 1 rings (SSSR count). The van der Waals surface area contributed by atoms with Crippen LogP contribution in [0.15, 0.2) is 18.2 Å². The lowest BCUT2D eigenvalue weighted by Crippen LogP contribution is -2.33. The molecule has 22 heavy (non-hydrogen) atoms. The Hall–Kier alpha value is -2.19. The van der Waals surface area contributed by atoms with Crippen molar-refractivity contribution in [3.8, 4) is 0 Å². The molecule has 8 heteroatoms. The molecule has 0 saturated carbocycles. The van der Waals surface area contributed by atoms with Crippen LogP contribution >= 0.6 is 0 Å². The first-order valence-electron chi connectivity index (χ1n) is 6.46. The van der Waals surface area contributed by atoms with Crippen molar-refractivity contribution in [3.63, 3.8) is 0 Å². The quantitative estimate of drug-likeness (QED) is 0.662. The van der Waals surface area contributed by atoms with Crippen LogP contribution in [0.2, 0.25) is 0 Å². The zero-order valence-corrected chi connectivity index (χ0v) is 12.5. The van der Waals surface area contributed by atoms with Crippen LogP contribution in [0.4, 0.5) is 14.9 Å². The van der Waals surface area contributed by atoms with Crippen LogP contribution in [0.3, 0.4) is 0 Å². The second-order valence-corrected chi connectivity index (χ2v) is 5.66. The summed E-state index contributed by atoms with van der Waals surface area (Å²) in [6.07, 6.45) is -4.36. The molecule has 0 radical (unpaired) electrons. The molecule has 2 unspecified atom stereocenters. The van der Waals surface area contributed by atoms with Gasteiger partial charge in [-0.15, -0.1) is 0 Å². The first-order chi connectivity index (χ1) is 10.0. The lowest BCUT2D eigenvalue weighted by molar-refractivity contribution is -0.131. The molecule has 1 aromatic carbocycles. The van der Waals surface area contributed by atoms with Crippen molar-refractivity contribution in [2.45, 2.75) is 38.6 Å². The average molecular weight is 314 g/mol. The molecule has 2 atom stereocenters. The molecule has 0 aliphatic rings. The maximum Gasteiger partial charge on any atom is 0.412 e. The van der Waals surface area contributed by atoms with Gasteiger partial charge in [0.1, 0.15) is 17.5 Å². The predicted molar refractivity (Wildman–Crippen MR) is 76.4 cm³/mol. The monoisotopic (exact) mass is 314 g/mol. The minimum atomic E-state index is -1.86. The van der Waals surface area contributed by atoms with Crippen molar-refractivity contribution >= 4 is 17.7 Å². The third-order valence-corrected chi connectivity index (χ3v) is 2.56. The molecule has 5 N–H and O–H groups in total. The van der Waals surface area contributed by atoms with E-state index >= 15 is 0 Å². The van der Waals surface area contributed by atoms with Crippen LogP contribution in [0.25, 0.3) is 0 Å². The highest BCUT2D eigenvalue weighted by molar-refractivity contribution is 5.85. The number of amides is 2. The van der Waals surface area contributed by atoms with Crippen LogP contribution in [0.5, 0.6) is 0 Å². The molecule has 0 saturated heterocycles. The average Bonchev–Trinajstić information content (AvgIpc) is 2.37. The second-order valence-electron chi connectivity index (χ2n) is 5.66. The third kappa shape index (κ3) is 4.97. The van der Waals surface area contributed by atoms with Gasteiger partial charge in [-0.1, -0.05) is 6.07 Å². The predicted octanol–water partition coefficient (Wildman–Crippen LogP) is 1.05. The smallest absolute Gasteiger partial charge is 0.412 e. The molecule has 0 heterocycles. The van der Waals surface area contributed by atoms with E-state index < -0.39 is 35.6 Å². The van der Waals surface area contributed by atoms with Gasteiger partial charge in [-0.2, -0.15) is 0 Å². The third-order valence-electron chi connectivity index (χ3n) is 2.56. The van der Waals surface area contributed by atoms with E-state index in [-0.39, 0.29) is 11.3 Å². The van der Waals surface area contributed by atoms with Gasteiger partial charge < -0.3 is 20.7 Å². The summed E-state index contributed by atoms with van der Waals surface area (Å²) >= 11 is 0. The molecule has 122 valence electrons. The first kappa shape index (κ1) is 17.9. The van der Waals surface area contributed by atoms with Gasteiger partial charge in [0.15, 0.2) is 6.10 Å². The fourth-order valence-corrected chi connectivity index (χ4v) is 1.57. The summed E-state index contributed by atoms with van der Waals surface area (Å²) in [6.45, 7) is 4.98. The zero-order chi connectivity index (χ0) is 17.1. The Labute approximate surface area is 126 Å². The first-order valence-corrected chi connectivity index (χ1v) is 6.46. The Morgan fingerprint density at radius 2 is 1.91 bits per heavy atom. The fraction of sp³-hybridized carbons (Fsp3) is 0.429. The number of nitrogens with one attached hydrogen (secondary N) is 1. The number of carbonyl (C=O) groups excluding carboxylic acids is 2. The van der Waals surface area contributed by atoms with E-state index in [9.17, 15) is 24.2 Å². The Morgan fingerprint density at radius 1 is 1.32 bits per heavy atom. The van der Waals surface area contributed by atoms with E-state index in [1.807, 2.05) is 0 Å². The van der Waals surface area contributed by atoms with E-state index in [1.165, 1.54) is 12.1 Å². The number of rotatable bonds is 4. The highest BCUT2D eigenvalue weighted by Gasteiger charge is 2.24. The molecular formula is C14H19FN2O5. The van der Waals surface area contributed by atoms with Gasteiger partial charge in [-0.25, -0.2) is 9.18 Å². The maximum atomic E-state index is 13.9. The molecule has 0 bridgehead atoms. The number of hydrogen-bond donors (Lipinski definition) is 4. The Balaban J connectivity index is 2.86. The molecule has 2 amide bonds. The lowest BCUT2D eigenvalue weighted by Gasteiger charge is -2.20. The Morgan fingerprint density at radius 3 is 2.36 bits per heavy atom. The van der Waals surface area contributed by atoms with Gasteiger partial charge in [-0.05, 0) is 38.5 Å². The number of anilines is 1. The maximum absolute atomic E-state index is 13.9. The topological polar surface area (TPSA) is 122 Å². The minimum Gasteiger partial charge on any atom is -0.444 e. The number of nitrogens with two attached hydrogens (primary N) is 1. The molecular weight excluding hydrogens is 295 g/mol. The van der Waals surface area contributed by atoms with Gasteiger partial charge in [0.2, 0.25) is 5.91 Å². The van der Waals surface area contributed by atoms with Crippen LogP contribution in [-0.4, -0.2) is 33.9 Å². The van der Waals surface area contributed by atoms with Gasteiger partial charge in [-0.3, -0.25) is 10.1 Å². The van der Waals surface area contributed by atoms with Crippen LogP contribution in [0.1, 0.15) is 32.4 Å². The van der Waals surface area contributed by atoms with Crippen LogP contribution < -0.4 is 11.1 Å². The number of aliphatic hydroxyl groups is 2. The van der Waals surface area contributed by atoms with Crippen molar-refractivity contribution in [1.82, 2.24) is 0 Å². The summed E-state index contributed by atoms with van der Waals surface area (Å²) in [7, 11) is 0. The number of primary amides is 1.